The van der Waals surface area contributed by atoms with E-state index in [1.165, 1.54) is 0 Å². The molecule has 0 spiro atoms. The number of hydrogen-bond acceptors (Lipinski definition) is 4. The van der Waals surface area contributed by atoms with Crippen LogP contribution in [0.2, 0.25) is 0 Å². The summed E-state index contributed by atoms with van der Waals surface area (Å²) in [6, 6.07) is 0. The molecule has 6 heteroatoms. The van der Waals surface area contributed by atoms with Crippen LogP contribution in [-0.2, 0) is 0 Å². The first-order valence-electron chi connectivity index (χ1n) is 4.51. The molecule has 0 radical (unpaired) electrons. The van der Waals surface area contributed by atoms with E-state index in [9.17, 15) is 0 Å². The van der Waals surface area contributed by atoms with Gasteiger partial charge in [-0.05, 0) is 12.2 Å². The average Bonchev–Trinajstić information content (AvgIpc) is 2.31. The maximum atomic E-state index is 8.44. The molecule has 0 saturated heterocycles. The molecule has 2 aliphatic rings. The Morgan fingerprint density at radius 3 is 2.31 bits per heavy atom. The molecule has 6 nitrogen and oxygen atoms in total. The van der Waals surface area contributed by atoms with Crippen molar-refractivity contribution in [3.8, 4) is 0 Å². The van der Waals surface area contributed by atoms with E-state index in [4.69, 9.17) is 10.9 Å². The van der Waals surface area contributed by atoms with Gasteiger partial charge in [-0.25, -0.2) is 0 Å². The number of diazo groups is 1. The molecule has 1 N–H and O–H groups in total. The second kappa shape index (κ2) is 4.23. The highest BCUT2D eigenvalue weighted by atomic mass is 15.3. The van der Waals surface area contributed by atoms with Crippen LogP contribution in [0.1, 0.15) is 0 Å². The standard InChI is InChI=1S/C10H7N6/c11-15-13-9-5-1-3-7-8(9)4-2-6-10(7)14-16-12/h1-6,11H/q+1/b13-9-,14-10-,15-11?. The van der Waals surface area contributed by atoms with Crippen LogP contribution >= 0.6 is 0 Å². The molecule has 2 aliphatic carbocycles. The van der Waals surface area contributed by atoms with Crippen molar-refractivity contribution in [2.45, 2.75) is 0 Å². The number of hydrogen-bond donors (Lipinski definition) is 1. The second-order valence-corrected chi connectivity index (χ2v) is 3.04. The van der Waals surface area contributed by atoms with E-state index >= 15 is 0 Å². The van der Waals surface area contributed by atoms with Gasteiger partial charge in [-0.3, -0.25) is 0 Å². The summed E-state index contributed by atoms with van der Waals surface area (Å²) in [5.74, 6) is 0. The van der Waals surface area contributed by atoms with Gasteiger partial charge in [0, 0.05) is 11.1 Å². The Kier molecular flexibility index (Phi) is 2.61. The topological polar surface area (TPSA) is 89.1 Å². The van der Waals surface area contributed by atoms with E-state index < -0.39 is 0 Å². The fraction of sp³-hybridized carbons (Fsp3) is 0. The fourth-order valence-electron chi connectivity index (χ4n) is 1.55. The largest absolute Gasteiger partial charge is 0.339 e. The zero-order valence-corrected chi connectivity index (χ0v) is 8.20. The lowest BCUT2D eigenvalue weighted by molar-refractivity contribution is 0.990. The van der Waals surface area contributed by atoms with Crippen LogP contribution in [0.15, 0.2) is 63.0 Å². The highest BCUT2D eigenvalue weighted by Crippen LogP contribution is 2.23. The Morgan fingerprint density at radius 2 is 1.69 bits per heavy atom. The van der Waals surface area contributed by atoms with Crippen molar-refractivity contribution < 1.29 is 0 Å². The first-order valence-corrected chi connectivity index (χ1v) is 4.51. The summed E-state index contributed by atoms with van der Waals surface area (Å²) in [7, 11) is 0. The van der Waals surface area contributed by atoms with Gasteiger partial charge < -0.3 is 0 Å². The highest BCUT2D eigenvalue weighted by molar-refractivity contribution is 6.25. The summed E-state index contributed by atoms with van der Waals surface area (Å²) >= 11 is 0. The predicted octanol–water partition coefficient (Wildman–Crippen LogP) is 2.57. The van der Waals surface area contributed by atoms with E-state index in [1.54, 1.807) is 24.3 Å². The van der Waals surface area contributed by atoms with Gasteiger partial charge in [-0.2, -0.15) is 5.53 Å². The Labute approximate surface area is 91.2 Å². The van der Waals surface area contributed by atoms with Gasteiger partial charge >= 0.3 is 5.08 Å². The lowest BCUT2D eigenvalue weighted by Gasteiger charge is -2.14. The van der Waals surface area contributed by atoms with Crippen LogP contribution in [0, 0.1) is 10.9 Å². The number of nitrogens with zero attached hydrogens (tertiary/aromatic N) is 5. The van der Waals surface area contributed by atoms with E-state index in [2.05, 4.69) is 20.5 Å². The lowest BCUT2D eigenvalue weighted by atomic mass is 9.89. The number of fused-ring (bicyclic) bond motifs is 1. The van der Waals surface area contributed by atoms with Gasteiger partial charge in [0.15, 0.2) is 10.8 Å². The first kappa shape index (κ1) is 9.86. The second-order valence-electron chi connectivity index (χ2n) is 3.04. The maximum Gasteiger partial charge on any atom is 0.339 e. The first-order chi connectivity index (χ1) is 7.86. The SMILES string of the molecule is N#[N+]/N=C1/C=CC=C2C1=CC=C/C2=N/N=N. The van der Waals surface area contributed by atoms with Crippen LogP contribution in [-0.4, -0.2) is 11.4 Å². The third-order valence-electron chi connectivity index (χ3n) is 2.19. The van der Waals surface area contributed by atoms with Crippen molar-refractivity contribution in [3.63, 3.8) is 0 Å². The average molecular weight is 211 g/mol. The van der Waals surface area contributed by atoms with E-state index in [0.29, 0.717) is 11.4 Å². The van der Waals surface area contributed by atoms with Gasteiger partial charge in [-0.15, -0.1) is 5.10 Å². The summed E-state index contributed by atoms with van der Waals surface area (Å²) in [5, 5.41) is 21.5. The molecule has 2 rings (SSSR count). The molecule has 0 aromatic carbocycles. The van der Waals surface area contributed by atoms with E-state index in [1.807, 2.05) is 12.2 Å². The number of nitrogens with one attached hydrogen (secondary N) is 1. The van der Waals surface area contributed by atoms with Crippen molar-refractivity contribution >= 4 is 11.4 Å². The van der Waals surface area contributed by atoms with Crippen molar-refractivity contribution in [2.75, 3.05) is 0 Å². The molecule has 0 unspecified atom stereocenters. The van der Waals surface area contributed by atoms with Crippen molar-refractivity contribution in [1.82, 2.24) is 0 Å². The van der Waals surface area contributed by atoms with Crippen LogP contribution in [0.3, 0.4) is 0 Å². The summed E-state index contributed by atoms with van der Waals surface area (Å²) in [5.41, 5.74) is 9.46. The van der Waals surface area contributed by atoms with Crippen molar-refractivity contribution in [3.05, 3.63) is 52.7 Å². The van der Waals surface area contributed by atoms with Gasteiger partial charge in [-0.1, -0.05) is 29.5 Å². The highest BCUT2D eigenvalue weighted by Gasteiger charge is 2.21. The molecule has 0 aliphatic heterocycles. The minimum absolute atomic E-state index is 0.544. The predicted molar refractivity (Wildman–Crippen MR) is 59.5 cm³/mol. The zero-order valence-electron chi connectivity index (χ0n) is 8.20. The quantitative estimate of drug-likeness (QED) is 0.403. The number of rotatable bonds is 1. The molecule has 0 aromatic rings. The van der Waals surface area contributed by atoms with Crippen molar-refractivity contribution in [2.24, 2.45) is 15.4 Å². The molecule has 0 saturated carbocycles. The summed E-state index contributed by atoms with van der Waals surface area (Å²) < 4.78 is 0. The van der Waals surface area contributed by atoms with Crippen LogP contribution in [0.25, 0.3) is 5.08 Å². The van der Waals surface area contributed by atoms with Crippen LogP contribution in [0.4, 0.5) is 0 Å². The monoisotopic (exact) mass is 211 g/mol. The summed E-state index contributed by atoms with van der Waals surface area (Å²) in [6.45, 7) is 0. The molecule has 0 bridgehead atoms. The lowest BCUT2D eigenvalue weighted by Crippen LogP contribution is -2.14. The normalized spacial score (nSPS) is 22.4. The minimum atomic E-state index is 0.544. The van der Waals surface area contributed by atoms with Gasteiger partial charge in [0.2, 0.25) is 0 Å². The Hall–Kier alpha value is -2.68. The number of allylic oxidation sites excluding steroid dienone is 8. The maximum absolute atomic E-state index is 8.44. The molecular weight excluding hydrogens is 204 g/mol. The van der Waals surface area contributed by atoms with Crippen LogP contribution in [0.5, 0.6) is 0 Å². The summed E-state index contributed by atoms with van der Waals surface area (Å²) in [4.78, 5) is 0. The molecule has 0 amide bonds. The smallest absolute Gasteiger partial charge is 0.185 e. The summed E-state index contributed by atoms with van der Waals surface area (Å²) in [6.07, 6.45) is 10.7. The Balaban J connectivity index is 2.52. The molecular formula is C10H7N6+. The third-order valence-corrected chi connectivity index (χ3v) is 2.19. The van der Waals surface area contributed by atoms with Crippen LogP contribution < -0.4 is 0 Å². The molecule has 0 heterocycles. The third kappa shape index (κ3) is 1.62. The molecule has 0 aromatic heterocycles. The minimum Gasteiger partial charge on any atom is -0.185 e. The van der Waals surface area contributed by atoms with Crippen molar-refractivity contribution in [1.29, 1.82) is 10.9 Å². The molecule has 76 valence electrons. The molecule has 16 heavy (non-hydrogen) atoms. The van der Waals surface area contributed by atoms with E-state index in [-0.39, 0.29) is 0 Å². The molecule has 0 atom stereocenters. The van der Waals surface area contributed by atoms with Gasteiger partial charge in [0.1, 0.15) is 0 Å². The van der Waals surface area contributed by atoms with Gasteiger partial charge in [0.05, 0.1) is 5.71 Å². The van der Waals surface area contributed by atoms with Gasteiger partial charge in [0.25, 0.3) is 5.39 Å². The Bertz CT molecular complexity index is 550. The molecule has 0 fully saturated rings. The fourth-order valence-corrected chi connectivity index (χ4v) is 1.55. The van der Waals surface area contributed by atoms with E-state index in [0.717, 1.165) is 11.1 Å². The zero-order chi connectivity index (χ0) is 11.4. The Morgan fingerprint density at radius 1 is 1.06 bits per heavy atom.